The maximum absolute atomic E-state index is 13.1. The van der Waals surface area contributed by atoms with Crippen molar-refractivity contribution < 1.29 is 66.7 Å². The molecule has 0 aromatic heterocycles. The first-order valence-corrected chi connectivity index (χ1v) is 26.3. The average Bonchev–Trinajstić information content (AvgIpc) is 3.45. The van der Waals surface area contributed by atoms with E-state index in [0.717, 1.165) is 73.6 Å². The quantitative estimate of drug-likeness (QED) is 0.0246. The molecule has 6 aromatic carbocycles. The van der Waals surface area contributed by atoms with E-state index in [2.05, 4.69) is 13.8 Å². The number of hydrogen-bond acceptors (Lipinski definition) is 14. The molecule has 0 radical (unpaired) electrons. The number of benzene rings is 6. The summed E-state index contributed by atoms with van der Waals surface area (Å²) in [6, 6.07) is 36.8. The SMILES string of the molecule is CCCCCCCOC(=O)c1ccc(-c2ccc(OC(=O)c3ccc(OC(=O)CC[C@@H](C)CC(=O)Oc4ccc(C(=O)Oc5ccc(-c6ccc(C(=O)OCCCCCCC)cc6)cc5)cc4OC)c(OC)c3)cc2)cc1. The summed E-state index contributed by atoms with van der Waals surface area (Å²) in [7, 11) is 2.77. The minimum absolute atomic E-state index is 0.0271. The molecule has 404 valence electrons. The lowest BCUT2D eigenvalue weighted by Crippen LogP contribution is -2.16. The van der Waals surface area contributed by atoms with Crippen LogP contribution in [0.4, 0.5) is 0 Å². The summed E-state index contributed by atoms with van der Waals surface area (Å²) in [6.45, 7) is 6.92. The van der Waals surface area contributed by atoms with Crippen molar-refractivity contribution in [3.8, 4) is 56.8 Å². The van der Waals surface area contributed by atoms with Crippen molar-refractivity contribution in [1.29, 1.82) is 0 Å². The second-order valence-electron chi connectivity index (χ2n) is 18.6. The van der Waals surface area contributed by atoms with Crippen LogP contribution in [-0.4, -0.2) is 63.2 Å². The first-order valence-electron chi connectivity index (χ1n) is 26.3. The van der Waals surface area contributed by atoms with Crippen LogP contribution in [0.15, 0.2) is 133 Å². The first-order chi connectivity index (χ1) is 37.4. The zero-order chi connectivity index (χ0) is 54.9. The Morgan fingerprint density at radius 2 is 0.753 bits per heavy atom. The van der Waals surface area contributed by atoms with Gasteiger partial charge >= 0.3 is 35.8 Å². The summed E-state index contributed by atoms with van der Waals surface area (Å²) in [6.07, 6.45) is 11.0. The number of rotatable bonds is 29. The smallest absolute Gasteiger partial charge is 0.343 e. The van der Waals surface area contributed by atoms with E-state index >= 15 is 0 Å². The van der Waals surface area contributed by atoms with Crippen molar-refractivity contribution in [2.45, 2.75) is 104 Å². The number of hydrogen-bond donors (Lipinski definition) is 0. The second-order valence-corrected chi connectivity index (χ2v) is 18.6. The van der Waals surface area contributed by atoms with Gasteiger partial charge in [0.15, 0.2) is 23.0 Å². The molecule has 0 spiro atoms. The third-order valence-corrected chi connectivity index (χ3v) is 12.6. The molecule has 0 bridgehead atoms. The molecule has 14 nitrogen and oxygen atoms in total. The fraction of sp³-hybridized carbons (Fsp3) is 0.333. The molecule has 0 fully saturated rings. The third kappa shape index (κ3) is 18.2. The van der Waals surface area contributed by atoms with Gasteiger partial charge in [0.05, 0.1) is 49.7 Å². The highest BCUT2D eigenvalue weighted by Gasteiger charge is 2.21. The van der Waals surface area contributed by atoms with E-state index in [0.29, 0.717) is 42.3 Å². The molecule has 0 N–H and O–H groups in total. The molecule has 0 aliphatic heterocycles. The van der Waals surface area contributed by atoms with Gasteiger partial charge in [0.2, 0.25) is 0 Å². The molecule has 0 amide bonds. The molecule has 14 heteroatoms. The third-order valence-electron chi connectivity index (χ3n) is 12.6. The monoisotopic (exact) mass is 1050 g/mol. The van der Waals surface area contributed by atoms with Crippen LogP contribution in [0, 0.1) is 5.92 Å². The Kier molecular flexibility index (Phi) is 22.8. The van der Waals surface area contributed by atoms with Gasteiger partial charge in [0.25, 0.3) is 0 Å². The number of carbonyl (C=O) groups is 6. The Hall–Kier alpha value is -8.26. The van der Waals surface area contributed by atoms with Gasteiger partial charge in [-0.05, 0) is 132 Å². The van der Waals surface area contributed by atoms with E-state index in [4.69, 9.17) is 37.9 Å². The molecule has 0 unspecified atom stereocenters. The average molecular weight is 1050 g/mol. The van der Waals surface area contributed by atoms with Crippen molar-refractivity contribution in [1.82, 2.24) is 0 Å². The van der Waals surface area contributed by atoms with Crippen molar-refractivity contribution in [3.63, 3.8) is 0 Å². The Balaban J connectivity index is 0.912. The second kappa shape index (κ2) is 30.3. The highest BCUT2D eigenvalue weighted by molar-refractivity contribution is 5.93. The lowest BCUT2D eigenvalue weighted by Gasteiger charge is -2.14. The van der Waals surface area contributed by atoms with Crippen LogP contribution in [0.5, 0.6) is 34.5 Å². The minimum Gasteiger partial charge on any atom is -0.493 e. The lowest BCUT2D eigenvalue weighted by atomic mass is 10.0. The molecule has 0 aliphatic rings. The standard InChI is InChI=1S/C63H68O14/c1-6-8-10-12-14-38-72-60(66)48-21-17-44(18-22-48)46-25-31-52(32-26-46)74-62(68)50-29-35-54(56(41-50)70-4)76-58(64)37-16-43(3)40-59(65)77-55-36-30-51(42-57(55)71-5)63(69)75-53-33-27-47(28-34-53)45-19-23-49(24-20-45)61(67)73-39-15-13-11-9-7-2/h17-36,41-43H,6-16,37-40H2,1-5H3/t43-/m1/s1. The molecule has 0 saturated heterocycles. The molecular weight excluding hydrogens is 981 g/mol. The van der Waals surface area contributed by atoms with Gasteiger partial charge in [0, 0.05) is 12.8 Å². The summed E-state index contributed by atoms with van der Waals surface area (Å²) < 4.78 is 44.1. The van der Waals surface area contributed by atoms with Gasteiger partial charge in [-0.1, -0.05) is 121 Å². The Morgan fingerprint density at radius 3 is 1.14 bits per heavy atom. The minimum atomic E-state index is -0.651. The van der Waals surface area contributed by atoms with E-state index in [1.165, 1.54) is 63.5 Å². The molecule has 6 rings (SSSR count). The molecule has 0 heterocycles. The van der Waals surface area contributed by atoms with E-state index in [1.54, 1.807) is 79.7 Å². The summed E-state index contributed by atoms with van der Waals surface area (Å²) >= 11 is 0. The van der Waals surface area contributed by atoms with Gasteiger partial charge in [-0.3, -0.25) is 9.59 Å². The normalized spacial score (nSPS) is 11.2. The van der Waals surface area contributed by atoms with Crippen LogP contribution in [-0.2, 0) is 19.1 Å². The number of esters is 6. The summed E-state index contributed by atoms with van der Waals surface area (Å²) in [5.41, 5.74) is 4.76. The van der Waals surface area contributed by atoms with Gasteiger partial charge in [-0.2, -0.15) is 0 Å². The predicted molar refractivity (Wildman–Crippen MR) is 292 cm³/mol. The largest absolute Gasteiger partial charge is 0.493 e. The number of carbonyl (C=O) groups excluding carboxylic acids is 6. The maximum atomic E-state index is 13.1. The summed E-state index contributed by atoms with van der Waals surface area (Å²) in [4.78, 5) is 77.1. The Morgan fingerprint density at radius 1 is 0.390 bits per heavy atom. The van der Waals surface area contributed by atoms with Crippen LogP contribution < -0.4 is 28.4 Å². The van der Waals surface area contributed by atoms with Crippen molar-refractivity contribution >= 4 is 35.8 Å². The Bertz CT molecular complexity index is 2890. The fourth-order valence-electron chi connectivity index (χ4n) is 8.11. The molecule has 6 aromatic rings. The predicted octanol–water partition coefficient (Wildman–Crippen LogP) is 14.0. The number of methoxy groups -OCH3 is 2. The Labute approximate surface area is 450 Å². The number of ether oxygens (including phenoxy) is 8. The van der Waals surface area contributed by atoms with E-state index < -0.39 is 23.9 Å². The molecule has 0 aliphatic carbocycles. The zero-order valence-corrected chi connectivity index (χ0v) is 44.6. The van der Waals surface area contributed by atoms with Crippen LogP contribution in [0.25, 0.3) is 22.3 Å². The number of unbranched alkanes of at least 4 members (excludes halogenated alkanes) is 8. The fourth-order valence-corrected chi connectivity index (χ4v) is 8.11. The van der Waals surface area contributed by atoms with E-state index in [-0.39, 0.29) is 64.8 Å². The molecular formula is C63H68O14. The van der Waals surface area contributed by atoms with Gasteiger partial charge in [-0.25, -0.2) is 19.2 Å². The summed E-state index contributed by atoms with van der Waals surface area (Å²) in [5, 5.41) is 0. The van der Waals surface area contributed by atoms with Gasteiger partial charge in [-0.15, -0.1) is 0 Å². The van der Waals surface area contributed by atoms with E-state index in [1.807, 2.05) is 24.3 Å². The van der Waals surface area contributed by atoms with Crippen molar-refractivity contribution in [2.24, 2.45) is 5.92 Å². The first kappa shape index (κ1) is 58.0. The molecule has 77 heavy (non-hydrogen) atoms. The van der Waals surface area contributed by atoms with E-state index in [9.17, 15) is 28.8 Å². The lowest BCUT2D eigenvalue weighted by molar-refractivity contribution is -0.137. The van der Waals surface area contributed by atoms with Crippen LogP contribution in [0.2, 0.25) is 0 Å². The van der Waals surface area contributed by atoms with Gasteiger partial charge in [0.1, 0.15) is 11.5 Å². The van der Waals surface area contributed by atoms with Crippen molar-refractivity contribution in [3.05, 3.63) is 156 Å². The topological polar surface area (TPSA) is 176 Å². The highest BCUT2D eigenvalue weighted by Crippen LogP contribution is 2.32. The molecule has 1 atom stereocenters. The van der Waals surface area contributed by atoms with Crippen LogP contribution >= 0.6 is 0 Å². The summed E-state index contributed by atoms with van der Waals surface area (Å²) in [5.74, 6) is -2.31. The van der Waals surface area contributed by atoms with Crippen LogP contribution in [0.3, 0.4) is 0 Å². The van der Waals surface area contributed by atoms with Gasteiger partial charge < -0.3 is 37.9 Å². The highest BCUT2D eigenvalue weighted by atomic mass is 16.6. The zero-order valence-electron chi connectivity index (χ0n) is 44.6. The van der Waals surface area contributed by atoms with Crippen molar-refractivity contribution in [2.75, 3.05) is 27.4 Å². The molecule has 0 saturated carbocycles. The maximum Gasteiger partial charge on any atom is 0.343 e. The van der Waals surface area contributed by atoms with Crippen LogP contribution in [0.1, 0.15) is 146 Å².